The van der Waals surface area contributed by atoms with Crippen molar-refractivity contribution in [2.75, 3.05) is 6.61 Å². The highest BCUT2D eigenvalue weighted by Crippen LogP contribution is 2.33. The first-order valence-corrected chi connectivity index (χ1v) is 9.93. The van der Waals surface area contributed by atoms with Crippen molar-refractivity contribution in [3.05, 3.63) is 83.2 Å². The topological polar surface area (TPSA) is 34.0 Å². The molecule has 138 valence electrons. The number of fused-ring (bicyclic) bond motifs is 1. The monoisotopic (exact) mass is 358 g/mol. The number of ether oxygens (including phenoxy) is 1. The van der Waals surface area contributed by atoms with Crippen LogP contribution in [0.2, 0.25) is 0 Å². The van der Waals surface area contributed by atoms with E-state index in [2.05, 4.69) is 54.4 Å². The van der Waals surface area contributed by atoms with Crippen molar-refractivity contribution in [2.24, 2.45) is 15.9 Å². The molecule has 27 heavy (non-hydrogen) atoms. The number of nitrogens with zero attached hydrogens (tertiary/aromatic N) is 2. The molecule has 0 saturated heterocycles. The number of rotatable bonds is 4. The molecule has 3 nitrogen and oxygen atoms in total. The van der Waals surface area contributed by atoms with Gasteiger partial charge >= 0.3 is 0 Å². The predicted octanol–water partition coefficient (Wildman–Crippen LogP) is 5.39. The molecule has 2 aromatic carbocycles. The van der Waals surface area contributed by atoms with Gasteiger partial charge in [-0.15, -0.1) is 0 Å². The molecule has 0 spiro atoms. The third kappa shape index (κ3) is 4.09. The molecular formula is C24H26N2O. The van der Waals surface area contributed by atoms with Crippen LogP contribution in [0.5, 0.6) is 0 Å². The van der Waals surface area contributed by atoms with Gasteiger partial charge < -0.3 is 4.74 Å². The van der Waals surface area contributed by atoms with Gasteiger partial charge in [0.2, 0.25) is 0 Å². The number of aliphatic imine (C=N–C) groups is 2. The van der Waals surface area contributed by atoms with Crippen LogP contribution in [0.3, 0.4) is 0 Å². The second-order valence-electron chi connectivity index (χ2n) is 7.19. The Morgan fingerprint density at radius 1 is 1.00 bits per heavy atom. The summed E-state index contributed by atoms with van der Waals surface area (Å²) in [5.41, 5.74) is 5.48. The van der Waals surface area contributed by atoms with E-state index in [9.17, 15) is 0 Å². The van der Waals surface area contributed by atoms with E-state index in [1.165, 1.54) is 6.42 Å². The summed E-state index contributed by atoms with van der Waals surface area (Å²) in [6.07, 6.45) is 8.77. The van der Waals surface area contributed by atoms with Crippen molar-refractivity contribution in [2.45, 2.75) is 38.7 Å². The quantitative estimate of drug-likeness (QED) is 0.721. The molecule has 1 heterocycles. The fourth-order valence-electron chi connectivity index (χ4n) is 4.05. The number of hydrogen-bond donors (Lipinski definition) is 0. The highest BCUT2D eigenvalue weighted by atomic mass is 16.5. The van der Waals surface area contributed by atoms with E-state index in [1.807, 2.05) is 24.5 Å². The normalized spacial score (nSPS) is 22.3. The highest BCUT2D eigenvalue weighted by Gasteiger charge is 2.26. The van der Waals surface area contributed by atoms with Crippen molar-refractivity contribution in [1.29, 1.82) is 0 Å². The summed E-state index contributed by atoms with van der Waals surface area (Å²) in [7, 11) is 0. The van der Waals surface area contributed by atoms with E-state index in [4.69, 9.17) is 9.73 Å². The molecule has 0 aromatic heterocycles. The van der Waals surface area contributed by atoms with E-state index in [0.717, 1.165) is 54.0 Å². The summed E-state index contributed by atoms with van der Waals surface area (Å²) in [5.74, 6) is 0.399. The Labute approximate surface area is 161 Å². The van der Waals surface area contributed by atoms with Crippen LogP contribution in [0.1, 0.15) is 49.3 Å². The molecule has 0 amide bonds. The van der Waals surface area contributed by atoms with Crippen LogP contribution in [0, 0.1) is 5.92 Å². The van der Waals surface area contributed by atoms with Gasteiger partial charge in [0.05, 0.1) is 17.5 Å². The average molecular weight is 358 g/mol. The summed E-state index contributed by atoms with van der Waals surface area (Å²) in [5, 5.41) is 0. The molecule has 0 radical (unpaired) electrons. The lowest BCUT2D eigenvalue weighted by Gasteiger charge is -2.29. The molecule has 1 aliphatic carbocycles. The second-order valence-corrected chi connectivity index (χ2v) is 7.19. The molecule has 0 N–H and O–H groups in total. The van der Waals surface area contributed by atoms with Crippen LogP contribution >= 0.6 is 0 Å². The zero-order valence-corrected chi connectivity index (χ0v) is 15.8. The Kier molecular flexibility index (Phi) is 5.59. The fraction of sp³-hybridized carbons (Fsp3) is 0.333. The first kappa shape index (κ1) is 17.9. The van der Waals surface area contributed by atoms with Crippen molar-refractivity contribution < 1.29 is 4.74 Å². The van der Waals surface area contributed by atoms with Crippen LogP contribution < -0.4 is 0 Å². The lowest BCUT2D eigenvalue weighted by atomic mass is 9.85. The van der Waals surface area contributed by atoms with E-state index in [-0.39, 0.29) is 0 Å². The van der Waals surface area contributed by atoms with Crippen LogP contribution in [0.15, 0.2) is 76.5 Å². The molecule has 2 atom stereocenters. The molecule has 1 fully saturated rings. The van der Waals surface area contributed by atoms with Gasteiger partial charge in [0.1, 0.15) is 0 Å². The minimum atomic E-state index is 0.340. The molecule has 1 saturated carbocycles. The fourth-order valence-corrected chi connectivity index (χ4v) is 4.05. The lowest BCUT2D eigenvalue weighted by molar-refractivity contribution is 0.0254. The number of hydrogen-bond acceptors (Lipinski definition) is 3. The third-order valence-electron chi connectivity index (χ3n) is 5.37. The summed E-state index contributed by atoms with van der Waals surface area (Å²) >= 11 is 0. The maximum absolute atomic E-state index is 5.91. The third-order valence-corrected chi connectivity index (χ3v) is 5.37. The van der Waals surface area contributed by atoms with Gasteiger partial charge in [0.25, 0.3) is 0 Å². The Hall–Kier alpha value is -2.52. The Balaban J connectivity index is 1.75. The van der Waals surface area contributed by atoms with Crippen molar-refractivity contribution in [3.8, 4) is 0 Å². The van der Waals surface area contributed by atoms with Crippen LogP contribution in [-0.4, -0.2) is 24.6 Å². The maximum atomic E-state index is 5.91. The van der Waals surface area contributed by atoms with Crippen molar-refractivity contribution >= 4 is 11.9 Å². The van der Waals surface area contributed by atoms with Gasteiger partial charge in [-0.25, -0.2) is 0 Å². The second kappa shape index (κ2) is 8.45. The molecular weight excluding hydrogens is 332 g/mol. The maximum Gasteiger partial charge on any atom is 0.0784 e. The summed E-state index contributed by atoms with van der Waals surface area (Å²) < 4.78 is 5.91. The molecule has 1 aliphatic heterocycles. The molecule has 2 unspecified atom stereocenters. The molecule has 0 bridgehead atoms. The van der Waals surface area contributed by atoms with E-state index >= 15 is 0 Å². The first-order valence-electron chi connectivity index (χ1n) is 9.93. The lowest BCUT2D eigenvalue weighted by Crippen LogP contribution is -2.24. The molecule has 2 aliphatic rings. The summed E-state index contributed by atoms with van der Waals surface area (Å²) in [6, 6.07) is 18.8. The predicted molar refractivity (Wildman–Crippen MR) is 112 cm³/mol. The number of benzene rings is 2. The van der Waals surface area contributed by atoms with Crippen LogP contribution in [0.25, 0.3) is 0 Å². The standard InChI is InChI=1S/C24H26N2O/c1-2-27-21-13-8-12-19(15-21)23-17-25-16-20-11-6-7-14-22(20)24(26-23)18-9-4-3-5-10-18/h3-7,9-11,14,16-17,19,21H,2,8,12-13,15H2,1H3. The Morgan fingerprint density at radius 2 is 1.81 bits per heavy atom. The zero-order valence-electron chi connectivity index (χ0n) is 15.8. The van der Waals surface area contributed by atoms with Crippen molar-refractivity contribution in [3.63, 3.8) is 0 Å². The van der Waals surface area contributed by atoms with Crippen LogP contribution in [0.4, 0.5) is 0 Å². The minimum Gasteiger partial charge on any atom is -0.378 e. The van der Waals surface area contributed by atoms with Gasteiger partial charge in [0.15, 0.2) is 0 Å². The van der Waals surface area contributed by atoms with E-state index < -0.39 is 0 Å². The smallest absolute Gasteiger partial charge is 0.0784 e. The van der Waals surface area contributed by atoms with Crippen LogP contribution in [-0.2, 0) is 4.74 Å². The van der Waals surface area contributed by atoms with Gasteiger partial charge in [-0.2, -0.15) is 0 Å². The summed E-state index contributed by atoms with van der Waals surface area (Å²) in [6.45, 7) is 2.85. The minimum absolute atomic E-state index is 0.340. The molecule has 2 aromatic rings. The van der Waals surface area contributed by atoms with Gasteiger partial charge in [-0.05, 0) is 26.2 Å². The zero-order chi connectivity index (χ0) is 18.5. The molecule has 3 heteroatoms. The largest absolute Gasteiger partial charge is 0.378 e. The summed E-state index contributed by atoms with van der Waals surface area (Å²) in [4.78, 5) is 9.77. The average Bonchev–Trinajstić information content (AvgIpc) is 2.70. The van der Waals surface area contributed by atoms with Crippen molar-refractivity contribution in [1.82, 2.24) is 0 Å². The SMILES string of the molecule is CCOC1CCCC(C2=CN=Cc3ccccc3C(c3ccccc3)=N2)C1. The van der Waals surface area contributed by atoms with Gasteiger partial charge in [-0.1, -0.05) is 61.0 Å². The first-order chi connectivity index (χ1) is 13.3. The highest BCUT2D eigenvalue weighted by molar-refractivity contribution is 6.17. The van der Waals surface area contributed by atoms with Gasteiger partial charge in [0, 0.05) is 41.6 Å². The Morgan fingerprint density at radius 3 is 2.67 bits per heavy atom. The molecule has 4 rings (SSSR count). The van der Waals surface area contributed by atoms with Gasteiger partial charge in [-0.3, -0.25) is 9.98 Å². The van der Waals surface area contributed by atoms with E-state index in [0.29, 0.717) is 12.0 Å². The Bertz CT molecular complexity index is 865. The number of allylic oxidation sites excluding steroid dienone is 1. The van der Waals surface area contributed by atoms with E-state index in [1.54, 1.807) is 0 Å².